The maximum Gasteiger partial charge on any atom is 0.368 e. The molecule has 6 heteroatoms. The number of oxime groups is 1. The standard InChI is InChI=1S/C10H10N2O4/c11-6-8(13)16-10(14)9(12-15)7-4-2-1-3-5-7/h1-5,15H,6,11H2. The Morgan fingerprint density at radius 1 is 1.31 bits per heavy atom. The number of hydrogen-bond donors (Lipinski definition) is 2. The van der Waals surface area contributed by atoms with Gasteiger partial charge in [0.1, 0.15) is 0 Å². The first kappa shape index (κ1) is 11.9. The molecule has 0 unspecified atom stereocenters. The van der Waals surface area contributed by atoms with Crippen LogP contribution in [-0.4, -0.2) is 29.4 Å². The van der Waals surface area contributed by atoms with Crippen LogP contribution in [0.25, 0.3) is 0 Å². The number of rotatable bonds is 3. The van der Waals surface area contributed by atoms with E-state index < -0.39 is 18.5 Å². The number of hydrogen-bond acceptors (Lipinski definition) is 6. The van der Waals surface area contributed by atoms with Crippen molar-refractivity contribution in [3.8, 4) is 0 Å². The first-order chi connectivity index (χ1) is 7.69. The molecule has 0 aliphatic carbocycles. The summed E-state index contributed by atoms with van der Waals surface area (Å²) in [5.41, 5.74) is 4.97. The Balaban J connectivity index is 2.85. The molecule has 0 fully saturated rings. The van der Waals surface area contributed by atoms with Gasteiger partial charge in [-0.2, -0.15) is 0 Å². The predicted molar refractivity (Wildman–Crippen MR) is 54.9 cm³/mol. The van der Waals surface area contributed by atoms with Gasteiger partial charge in [0.15, 0.2) is 5.71 Å². The van der Waals surface area contributed by atoms with Crippen molar-refractivity contribution in [2.24, 2.45) is 10.9 Å². The van der Waals surface area contributed by atoms with E-state index in [0.29, 0.717) is 5.56 Å². The van der Waals surface area contributed by atoms with E-state index in [1.807, 2.05) is 0 Å². The van der Waals surface area contributed by atoms with E-state index in [9.17, 15) is 9.59 Å². The fourth-order valence-corrected chi connectivity index (χ4v) is 1.01. The minimum Gasteiger partial charge on any atom is -0.410 e. The minimum absolute atomic E-state index is 0.345. The topological polar surface area (TPSA) is 102 Å². The number of esters is 2. The minimum atomic E-state index is -1.04. The molecule has 84 valence electrons. The third kappa shape index (κ3) is 2.89. The SMILES string of the molecule is NCC(=O)OC(=O)C(=NO)c1ccccc1. The van der Waals surface area contributed by atoms with Gasteiger partial charge in [-0.1, -0.05) is 35.5 Å². The van der Waals surface area contributed by atoms with Gasteiger partial charge in [-0.25, -0.2) is 4.79 Å². The van der Waals surface area contributed by atoms with Crippen LogP contribution in [0.1, 0.15) is 5.56 Å². The normalized spacial score (nSPS) is 10.9. The number of carbonyl (C=O) groups is 2. The molecule has 0 bridgehead atoms. The molecule has 0 aliphatic rings. The molecule has 0 saturated carbocycles. The molecular weight excluding hydrogens is 212 g/mol. The van der Waals surface area contributed by atoms with E-state index in [4.69, 9.17) is 10.9 Å². The summed E-state index contributed by atoms with van der Waals surface area (Å²) < 4.78 is 4.31. The lowest BCUT2D eigenvalue weighted by atomic mass is 10.1. The third-order valence-corrected chi connectivity index (χ3v) is 1.71. The molecule has 6 nitrogen and oxygen atoms in total. The van der Waals surface area contributed by atoms with Crippen molar-refractivity contribution in [2.45, 2.75) is 0 Å². The van der Waals surface area contributed by atoms with Crippen LogP contribution in [-0.2, 0) is 14.3 Å². The van der Waals surface area contributed by atoms with Crippen molar-refractivity contribution in [3.05, 3.63) is 35.9 Å². The van der Waals surface area contributed by atoms with Crippen LogP contribution in [0.3, 0.4) is 0 Å². The summed E-state index contributed by atoms with van der Waals surface area (Å²) in [6, 6.07) is 8.12. The molecule has 0 aromatic heterocycles. The van der Waals surface area contributed by atoms with Gasteiger partial charge in [0.25, 0.3) is 0 Å². The largest absolute Gasteiger partial charge is 0.410 e. The van der Waals surface area contributed by atoms with Gasteiger partial charge in [0.05, 0.1) is 6.54 Å². The Morgan fingerprint density at radius 2 is 1.94 bits per heavy atom. The number of benzene rings is 1. The van der Waals surface area contributed by atoms with Crippen LogP contribution in [0, 0.1) is 0 Å². The summed E-state index contributed by atoms with van der Waals surface area (Å²) in [5, 5.41) is 11.5. The highest BCUT2D eigenvalue weighted by Crippen LogP contribution is 2.02. The fourth-order valence-electron chi connectivity index (χ4n) is 1.01. The number of carbonyl (C=O) groups excluding carboxylic acids is 2. The quantitative estimate of drug-likeness (QED) is 0.244. The van der Waals surface area contributed by atoms with Crippen LogP contribution >= 0.6 is 0 Å². The zero-order valence-electron chi connectivity index (χ0n) is 8.29. The molecule has 0 heterocycles. The van der Waals surface area contributed by atoms with Crippen molar-refractivity contribution in [1.82, 2.24) is 0 Å². The van der Waals surface area contributed by atoms with E-state index in [1.54, 1.807) is 30.3 Å². The van der Waals surface area contributed by atoms with Gasteiger partial charge in [-0.3, -0.25) is 4.79 Å². The molecule has 1 aromatic carbocycles. The average Bonchev–Trinajstić information content (AvgIpc) is 2.31. The number of nitrogens with zero attached hydrogens (tertiary/aromatic N) is 1. The Hall–Kier alpha value is -2.21. The first-order valence-corrected chi connectivity index (χ1v) is 4.41. The first-order valence-electron chi connectivity index (χ1n) is 4.41. The van der Waals surface area contributed by atoms with Crippen LogP contribution in [0.15, 0.2) is 35.5 Å². The molecule has 0 saturated heterocycles. The Morgan fingerprint density at radius 3 is 2.44 bits per heavy atom. The second kappa shape index (κ2) is 5.62. The Kier molecular flexibility index (Phi) is 4.16. The van der Waals surface area contributed by atoms with E-state index in [0.717, 1.165) is 0 Å². The fraction of sp³-hybridized carbons (Fsp3) is 0.100. The average molecular weight is 222 g/mol. The highest BCUT2D eigenvalue weighted by Gasteiger charge is 2.18. The van der Waals surface area contributed by atoms with E-state index in [1.165, 1.54) is 0 Å². The maximum absolute atomic E-state index is 11.4. The van der Waals surface area contributed by atoms with Crippen molar-refractivity contribution >= 4 is 17.7 Å². The molecule has 1 aromatic rings. The molecule has 16 heavy (non-hydrogen) atoms. The number of ether oxygens (including phenoxy) is 1. The Labute approximate surface area is 91.3 Å². The zero-order valence-corrected chi connectivity index (χ0v) is 8.29. The van der Waals surface area contributed by atoms with Gasteiger partial charge < -0.3 is 15.7 Å². The molecule has 0 radical (unpaired) electrons. The molecule has 0 spiro atoms. The summed E-state index contributed by atoms with van der Waals surface area (Å²) in [6.45, 7) is -0.417. The molecule has 0 aliphatic heterocycles. The van der Waals surface area contributed by atoms with E-state index in [-0.39, 0.29) is 5.71 Å². The summed E-state index contributed by atoms with van der Waals surface area (Å²) >= 11 is 0. The second-order valence-electron chi connectivity index (χ2n) is 2.78. The lowest BCUT2D eigenvalue weighted by molar-refractivity contribution is -0.153. The van der Waals surface area contributed by atoms with Gasteiger partial charge in [0.2, 0.25) is 0 Å². The van der Waals surface area contributed by atoms with Crippen molar-refractivity contribution in [3.63, 3.8) is 0 Å². The summed E-state index contributed by atoms with van der Waals surface area (Å²) in [4.78, 5) is 22.1. The molecule has 0 atom stereocenters. The smallest absolute Gasteiger partial charge is 0.368 e. The van der Waals surface area contributed by atoms with Crippen LogP contribution < -0.4 is 5.73 Å². The van der Waals surface area contributed by atoms with Crippen molar-refractivity contribution in [1.29, 1.82) is 0 Å². The third-order valence-electron chi connectivity index (χ3n) is 1.71. The summed E-state index contributed by atoms with van der Waals surface area (Å²) in [7, 11) is 0. The maximum atomic E-state index is 11.4. The van der Waals surface area contributed by atoms with Crippen molar-refractivity contribution < 1.29 is 19.5 Å². The van der Waals surface area contributed by atoms with Gasteiger partial charge in [-0.15, -0.1) is 0 Å². The lowest BCUT2D eigenvalue weighted by Gasteiger charge is -2.03. The van der Waals surface area contributed by atoms with Crippen LogP contribution in [0.5, 0.6) is 0 Å². The van der Waals surface area contributed by atoms with Crippen LogP contribution in [0.4, 0.5) is 0 Å². The zero-order chi connectivity index (χ0) is 12.0. The van der Waals surface area contributed by atoms with Crippen molar-refractivity contribution in [2.75, 3.05) is 6.54 Å². The number of nitrogens with two attached hydrogens (primary N) is 1. The van der Waals surface area contributed by atoms with E-state index >= 15 is 0 Å². The van der Waals surface area contributed by atoms with Crippen LogP contribution in [0.2, 0.25) is 0 Å². The molecule has 0 amide bonds. The lowest BCUT2D eigenvalue weighted by Crippen LogP contribution is -2.26. The van der Waals surface area contributed by atoms with E-state index in [2.05, 4.69) is 9.89 Å². The van der Waals surface area contributed by atoms with Gasteiger partial charge >= 0.3 is 11.9 Å². The second-order valence-corrected chi connectivity index (χ2v) is 2.78. The molecule has 3 N–H and O–H groups in total. The summed E-state index contributed by atoms with van der Waals surface area (Å²) in [5.74, 6) is -1.92. The highest BCUT2D eigenvalue weighted by atomic mass is 16.6. The summed E-state index contributed by atoms with van der Waals surface area (Å²) in [6.07, 6.45) is 0. The molecule has 1 rings (SSSR count). The predicted octanol–water partition coefficient (Wildman–Crippen LogP) is -0.107. The van der Waals surface area contributed by atoms with Gasteiger partial charge in [-0.05, 0) is 0 Å². The monoisotopic (exact) mass is 222 g/mol. The van der Waals surface area contributed by atoms with Gasteiger partial charge in [0, 0.05) is 5.56 Å². The molecular formula is C10H10N2O4. The highest BCUT2D eigenvalue weighted by molar-refractivity contribution is 6.44. The Bertz CT molecular complexity index is 414.